The van der Waals surface area contributed by atoms with Crippen LogP contribution in [0.1, 0.15) is 6.92 Å². The molecular formula is C10H18F3NO3. The highest BCUT2D eigenvalue weighted by atomic mass is 19.4. The van der Waals surface area contributed by atoms with Gasteiger partial charge in [0.25, 0.3) is 0 Å². The monoisotopic (exact) mass is 257 g/mol. The number of rotatable bonds is 4. The molecule has 0 unspecified atom stereocenters. The van der Waals surface area contributed by atoms with Crippen LogP contribution in [0.2, 0.25) is 0 Å². The number of hydrogen-bond acceptors (Lipinski definition) is 4. The fraction of sp³-hybridized carbons (Fsp3) is 1.00. The summed E-state index contributed by atoms with van der Waals surface area (Å²) in [6, 6.07) is 0. The molecule has 0 bridgehead atoms. The zero-order valence-electron chi connectivity index (χ0n) is 9.91. The average molecular weight is 257 g/mol. The van der Waals surface area contributed by atoms with E-state index in [0.29, 0.717) is 19.7 Å². The van der Waals surface area contributed by atoms with Crippen molar-refractivity contribution in [2.45, 2.75) is 31.4 Å². The van der Waals surface area contributed by atoms with Crippen LogP contribution in [0.25, 0.3) is 0 Å². The first-order chi connectivity index (χ1) is 7.82. The first kappa shape index (κ1) is 14.7. The molecule has 1 fully saturated rings. The van der Waals surface area contributed by atoms with Gasteiger partial charge in [0.1, 0.15) is 0 Å². The van der Waals surface area contributed by atoms with E-state index in [2.05, 4.69) is 0 Å². The zero-order valence-corrected chi connectivity index (χ0v) is 9.91. The lowest BCUT2D eigenvalue weighted by Gasteiger charge is -2.37. The molecule has 0 aromatic rings. The van der Waals surface area contributed by atoms with E-state index in [1.165, 1.54) is 7.11 Å². The molecule has 4 nitrogen and oxygen atoms in total. The molecule has 1 rings (SSSR count). The second-order valence-corrected chi connectivity index (χ2v) is 4.30. The van der Waals surface area contributed by atoms with E-state index in [1.807, 2.05) is 0 Å². The molecule has 1 saturated heterocycles. The van der Waals surface area contributed by atoms with Gasteiger partial charge in [-0.25, -0.2) is 0 Å². The summed E-state index contributed by atoms with van der Waals surface area (Å²) in [6.45, 7) is 2.42. The maximum atomic E-state index is 12.2. The smallest absolute Gasteiger partial charge is 0.382 e. The van der Waals surface area contributed by atoms with Crippen molar-refractivity contribution in [2.24, 2.45) is 0 Å². The Hall–Kier alpha value is -0.370. The van der Waals surface area contributed by atoms with Crippen molar-refractivity contribution in [2.75, 3.05) is 33.4 Å². The first-order valence-electron chi connectivity index (χ1n) is 5.44. The molecule has 0 spiro atoms. The Labute approximate surface area is 98.3 Å². The third-order valence-corrected chi connectivity index (χ3v) is 2.56. The topological polar surface area (TPSA) is 41.9 Å². The first-order valence-corrected chi connectivity index (χ1v) is 5.44. The maximum Gasteiger partial charge on any atom is 0.415 e. The van der Waals surface area contributed by atoms with Crippen molar-refractivity contribution >= 4 is 0 Å². The van der Waals surface area contributed by atoms with Gasteiger partial charge in [-0.3, -0.25) is 4.90 Å². The number of hydrogen-bond donors (Lipinski definition) is 1. The molecule has 7 heteroatoms. The summed E-state index contributed by atoms with van der Waals surface area (Å²) in [6.07, 6.45) is -7.29. The van der Waals surface area contributed by atoms with E-state index < -0.39 is 18.8 Å². The highest BCUT2D eigenvalue weighted by Gasteiger charge is 2.40. The Morgan fingerprint density at radius 3 is 2.65 bits per heavy atom. The molecule has 1 N–H and O–H groups in total. The van der Waals surface area contributed by atoms with Crippen LogP contribution in [0.15, 0.2) is 0 Å². The van der Waals surface area contributed by atoms with E-state index in [9.17, 15) is 13.2 Å². The van der Waals surface area contributed by atoms with Gasteiger partial charge in [0, 0.05) is 26.7 Å². The number of ether oxygens (including phenoxy) is 2. The number of aliphatic hydroxyl groups is 1. The van der Waals surface area contributed by atoms with Gasteiger partial charge in [-0.05, 0) is 6.92 Å². The molecule has 0 saturated carbocycles. The Morgan fingerprint density at radius 1 is 1.47 bits per heavy atom. The summed E-state index contributed by atoms with van der Waals surface area (Å²) in [5.41, 5.74) is 0. The summed E-state index contributed by atoms with van der Waals surface area (Å²) in [5, 5.41) is 9.00. The van der Waals surface area contributed by atoms with Crippen LogP contribution in [-0.4, -0.2) is 67.8 Å². The number of β-amino-alcohol motifs (C(OH)–C–C–N with tert-alkyl or cyclic N) is 1. The van der Waals surface area contributed by atoms with Gasteiger partial charge in [0.2, 0.25) is 0 Å². The van der Waals surface area contributed by atoms with Gasteiger partial charge in [-0.15, -0.1) is 0 Å². The van der Waals surface area contributed by atoms with Gasteiger partial charge in [0.15, 0.2) is 6.10 Å². The van der Waals surface area contributed by atoms with Crippen LogP contribution in [-0.2, 0) is 9.47 Å². The van der Waals surface area contributed by atoms with Crippen molar-refractivity contribution in [3.05, 3.63) is 0 Å². The van der Waals surface area contributed by atoms with Crippen LogP contribution in [0, 0.1) is 0 Å². The van der Waals surface area contributed by atoms with Crippen LogP contribution >= 0.6 is 0 Å². The molecule has 0 aromatic heterocycles. The minimum atomic E-state index is -4.57. The number of alkyl halides is 3. The molecule has 17 heavy (non-hydrogen) atoms. The summed E-state index contributed by atoms with van der Waals surface area (Å²) in [7, 11) is 1.51. The fourth-order valence-corrected chi connectivity index (χ4v) is 1.92. The lowest BCUT2D eigenvalue weighted by molar-refractivity contribution is -0.213. The van der Waals surface area contributed by atoms with E-state index in [1.54, 1.807) is 11.8 Å². The Balaban J connectivity index is 2.47. The summed E-state index contributed by atoms with van der Waals surface area (Å²) < 4.78 is 47.1. The number of morpholine rings is 1. The molecule has 0 amide bonds. The molecule has 0 radical (unpaired) electrons. The van der Waals surface area contributed by atoms with Crippen LogP contribution < -0.4 is 0 Å². The SMILES string of the molecule is COC[C@@H]1CN(C[C@H](O)C(F)(F)F)C[C@H](C)O1. The normalized spacial score (nSPS) is 29.3. The highest BCUT2D eigenvalue weighted by Crippen LogP contribution is 2.22. The zero-order chi connectivity index (χ0) is 13.1. The predicted molar refractivity (Wildman–Crippen MR) is 54.7 cm³/mol. The van der Waals surface area contributed by atoms with Crippen LogP contribution in [0.3, 0.4) is 0 Å². The minimum absolute atomic E-state index is 0.163. The third-order valence-electron chi connectivity index (χ3n) is 2.56. The van der Waals surface area contributed by atoms with Gasteiger partial charge in [-0.2, -0.15) is 13.2 Å². The maximum absolute atomic E-state index is 12.2. The second-order valence-electron chi connectivity index (χ2n) is 4.30. The second kappa shape index (κ2) is 5.99. The number of nitrogens with zero attached hydrogens (tertiary/aromatic N) is 1. The average Bonchev–Trinajstić information content (AvgIpc) is 2.15. The fourth-order valence-electron chi connectivity index (χ4n) is 1.92. The lowest BCUT2D eigenvalue weighted by Crippen LogP contribution is -2.52. The molecule has 1 aliphatic heterocycles. The molecule has 1 heterocycles. The standard InChI is InChI=1S/C10H18F3NO3/c1-7-3-14(4-8(17-7)6-16-2)5-9(15)10(11,12)13/h7-9,15H,3-6H2,1-2H3/t7-,8-,9-/m0/s1. The van der Waals surface area contributed by atoms with Gasteiger partial charge in [-0.1, -0.05) is 0 Å². The van der Waals surface area contributed by atoms with Gasteiger partial charge in [0.05, 0.1) is 18.8 Å². The quantitative estimate of drug-likeness (QED) is 0.802. The lowest BCUT2D eigenvalue weighted by atomic mass is 10.2. The Bertz CT molecular complexity index is 237. The highest BCUT2D eigenvalue weighted by molar-refractivity contribution is 4.79. The summed E-state index contributed by atoms with van der Waals surface area (Å²) in [5.74, 6) is 0. The Morgan fingerprint density at radius 2 is 2.12 bits per heavy atom. The molecule has 0 aromatic carbocycles. The van der Waals surface area contributed by atoms with Crippen molar-refractivity contribution in [1.29, 1.82) is 0 Å². The number of methoxy groups -OCH3 is 1. The molecule has 1 aliphatic rings. The van der Waals surface area contributed by atoms with E-state index >= 15 is 0 Å². The van der Waals surface area contributed by atoms with E-state index in [4.69, 9.17) is 14.6 Å². The predicted octanol–water partition coefficient (Wildman–Crippen LogP) is 0.645. The summed E-state index contributed by atoms with van der Waals surface area (Å²) >= 11 is 0. The Kier molecular flexibility index (Phi) is 5.18. The minimum Gasteiger partial charge on any atom is -0.382 e. The molecule has 0 aliphatic carbocycles. The number of aliphatic hydroxyl groups excluding tert-OH is 1. The van der Waals surface area contributed by atoms with Crippen molar-refractivity contribution in [1.82, 2.24) is 4.90 Å². The van der Waals surface area contributed by atoms with Gasteiger partial charge < -0.3 is 14.6 Å². The van der Waals surface area contributed by atoms with Crippen molar-refractivity contribution in [3.63, 3.8) is 0 Å². The van der Waals surface area contributed by atoms with E-state index in [0.717, 1.165) is 0 Å². The number of halogens is 3. The van der Waals surface area contributed by atoms with Gasteiger partial charge >= 0.3 is 6.18 Å². The molecule has 3 atom stereocenters. The van der Waals surface area contributed by atoms with Crippen LogP contribution in [0.5, 0.6) is 0 Å². The summed E-state index contributed by atoms with van der Waals surface area (Å²) in [4.78, 5) is 1.55. The van der Waals surface area contributed by atoms with Crippen molar-refractivity contribution in [3.8, 4) is 0 Å². The van der Waals surface area contributed by atoms with Crippen molar-refractivity contribution < 1.29 is 27.8 Å². The third kappa shape index (κ3) is 4.79. The molecular weight excluding hydrogens is 239 g/mol. The molecule has 102 valence electrons. The largest absolute Gasteiger partial charge is 0.415 e. The van der Waals surface area contributed by atoms with E-state index in [-0.39, 0.29) is 12.2 Å². The van der Waals surface area contributed by atoms with Crippen LogP contribution in [0.4, 0.5) is 13.2 Å².